The molecule has 0 radical (unpaired) electrons. The van der Waals surface area contributed by atoms with E-state index in [1.807, 2.05) is 6.07 Å². The van der Waals surface area contributed by atoms with Gasteiger partial charge in [0.2, 0.25) is 0 Å². The molecule has 2 atom stereocenters. The summed E-state index contributed by atoms with van der Waals surface area (Å²) in [6.07, 6.45) is 1.11. The van der Waals surface area contributed by atoms with E-state index in [9.17, 15) is 8.42 Å². The third-order valence-electron chi connectivity index (χ3n) is 4.50. The van der Waals surface area contributed by atoms with Crippen molar-refractivity contribution >= 4 is 15.5 Å². The van der Waals surface area contributed by atoms with Crippen LogP contribution in [0.3, 0.4) is 0 Å². The van der Waals surface area contributed by atoms with E-state index in [-0.39, 0.29) is 5.75 Å². The van der Waals surface area contributed by atoms with Gasteiger partial charge in [0, 0.05) is 25.0 Å². The van der Waals surface area contributed by atoms with Gasteiger partial charge in [-0.1, -0.05) is 12.1 Å². The Balaban J connectivity index is 1.97. The fourth-order valence-corrected chi connectivity index (χ4v) is 5.18. The Morgan fingerprint density at radius 3 is 3.11 bits per heavy atom. The van der Waals surface area contributed by atoms with Crippen molar-refractivity contribution in [2.45, 2.75) is 23.3 Å². The number of nitrogens with one attached hydrogen (secondary N) is 1. The summed E-state index contributed by atoms with van der Waals surface area (Å²) in [4.78, 5) is 2.90. The van der Waals surface area contributed by atoms with Gasteiger partial charge in [-0.3, -0.25) is 0 Å². The zero-order valence-electron chi connectivity index (χ0n) is 10.1. The molecule has 0 unspecified atom stereocenters. The Kier molecular flexibility index (Phi) is 2.09. The number of piperidine rings is 1. The lowest BCUT2D eigenvalue weighted by atomic mass is 9.90. The number of para-hydroxylation sites is 1. The number of nitrogens with zero attached hydrogens (tertiary/aromatic N) is 1. The van der Waals surface area contributed by atoms with E-state index in [2.05, 4.69) is 16.3 Å². The van der Waals surface area contributed by atoms with Crippen molar-refractivity contribution in [3.05, 3.63) is 23.8 Å². The highest BCUT2D eigenvalue weighted by Gasteiger charge is 2.44. The van der Waals surface area contributed by atoms with Gasteiger partial charge >= 0.3 is 0 Å². The fourth-order valence-electron chi connectivity index (χ4n) is 3.70. The molecule has 1 N–H and O–H groups in total. The number of benzene rings is 1. The van der Waals surface area contributed by atoms with Crippen molar-refractivity contribution in [2.24, 2.45) is 0 Å². The Labute approximate surface area is 107 Å². The first-order chi connectivity index (χ1) is 8.68. The number of hydrogen-bond acceptors (Lipinski definition) is 4. The van der Waals surface area contributed by atoms with Crippen LogP contribution in [0.25, 0.3) is 0 Å². The molecule has 0 aliphatic carbocycles. The first-order valence-electron chi connectivity index (χ1n) is 6.51. The second-order valence-corrected chi connectivity index (χ2v) is 7.45. The summed E-state index contributed by atoms with van der Waals surface area (Å²) in [5.74, 6) is 0.724. The maximum Gasteiger partial charge on any atom is 0.182 e. The zero-order chi connectivity index (χ0) is 12.3. The van der Waals surface area contributed by atoms with Crippen molar-refractivity contribution in [1.29, 1.82) is 0 Å². The van der Waals surface area contributed by atoms with E-state index in [1.165, 1.54) is 5.56 Å². The largest absolute Gasteiger partial charge is 0.366 e. The molecule has 5 heteroatoms. The van der Waals surface area contributed by atoms with Crippen molar-refractivity contribution in [3.8, 4) is 0 Å². The lowest BCUT2D eigenvalue weighted by Gasteiger charge is -2.36. The molecular weight excluding hydrogens is 248 g/mol. The monoisotopic (exact) mass is 264 g/mol. The van der Waals surface area contributed by atoms with E-state index in [4.69, 9.17) is 0 Å². The Hall–Kier alpha value is -1.07. The predicted octanol–water partition coefficient (Wildman–Crippen LogP) is 0.739. The van der Waals surface area contributed by atoms with Crippen LogP contribution in [-0.4, -0.2) is 39.8 Å². The summed E-state index contributed by atoms with van der Waals surface area (Å²) < 4.78 is 24.3. The molecule has 1 aromatic rings. The van der Waals surface area contributed by atoms with E-state index in [1.54, 1.807) is 6.07 Å². The van der Waals surface area contributed by atoms with Gasteiger partial charge in [0.1, 0.15) is 0 Å². The molecule has 3 aliphatic rings. The highest BCUT2D eigenvalue weighted by Crippen LogP contribution is 2.48. The van der Waals surface area contributed by atoms with Crippen LogP contribution in [0.2, 0.25) is 0 Å². The molecule has 96 valence electrons. The van der Waals surface area contributed by atoms with Gasteiger partial charge in [0.05, 0.1) is 16.3 Å². The third-order valence-corrected chi connectivity index (χ3v) is 6.22. The molecule has 0 bridgehead atoms. The van der Waals surface area contributed by atoms with Gasteiger partial charge in [0.15, 0.2) is 9.84 Å². The van der Waals surface area contributed by atoms with Crippen molar-refractivity contribution in [3.63, 3.8) is 0 Å². The molecule has 1 fully saturated rings. The minimum Gasteiger partial charge on any atom is -0.366 e. The summed E-state index contributed by atoms with van der Waals surface area (Å²) in [5, 5.41) is 3.43. The molecule has 18 heavy (non-hydrogen) atoms. The summed E-state index contributed by atoms with van der Waals surface area (Å²) in [7, 11) is -3.06. The smallest absolute Gasteiger partial charge is 0.182 e. The van der Waals surface area contributed by atoms with Crippen LogP contribution >= 0.6 is 0 Å². The minimum atomic E-state index is -3.06. The lowest BCUT2D eigenvalue weighted by Crippen LogP contribution is -2.46. The zero-order valence-corrected chi connectivity index (χ0v) is 10.9. The van der Waals surface area contributed by atoms with Crippen LogP contribution in [0.15, 0.2) is 23.1 Å². The SMILES string of the molecule is O=S1(=O)CCN2c3c(cccc31)[C@@H]1CNCC[C@@H]12. The third kappa shape index (κ3) is 1.26. The number of anilines is 1. The van der Waals surface area contributed by atoms with Crippen LogP contribution in [0.5, 0.6) is 0 Å². The second-order valence-electron chi connectivity index (χ2n) is 5.37. The Bertz CT molecular complexity index is 611. The molecule has 1 aromatic carbocycles. The molecule has 3 aliphatic heterocycles. The molecule has 3 heterocycles. The number of sulfone groups is 1. The average Bonchev–Trinajstić information content (AvgIpc) is 2.70. The highest BCUT2D eigenvalue weighted by molar-refractivity contribution is 7.91. The van der Waals surface area contributed by atoms with Crippen LogP contribution in [0.1, 0.15) is 17.9 Å². The molecule has 1 saturated heterocycles. The first-order valence-corrected chi connectivity index (χ1v) is 8.17. The predicted molar refractivity (Wildman–Crippen MR) is 69.9 cm³/mol. The van der Waals surface area contributed by atoms with Crippen molar-refractivity contribution in [2.75, 3.05) is 30.3 Å². The molecule has 0 spiro atoms. The molecule has 0 saturated carbocycles. The van der Waals surface area contributed by atoms with E-state index in [0.717, 1.165) is 25.2 Å². The summed E-state index contributed by atoms with van der Waals surface area (Å²) in [6, 6.07) is 6.26. The van der Waals surface area contributed by atoms with Crippen molar-refractivity contribution in [1.82, 2.24) is 5.32 Å². The number of fused-ring (bicyclic) bond motifs is 3. The van der Waals surface area contributed by atoms with Gasteiger partial charge in [0.25, 0.3) is 0 Å². The minimum absolute atomic E-state index is 0.264. The van der Waals surface area contributed by atoms with Gasteiger partial charge in [-0.25, -0.2) is 8.42 Å². The van der Waals surface area contributed by atoms with Crippen LogP contribution < -0.4 is 10.2 Å². The maximum atomic E-state index is 12.2. The highest BCUT2D eigenvalue weighted by atomic mass is 32.2. The van der Waals surface area contributed by atoms with Gasteiger partial charge in [-0.15, -0.1) is 0 Å². The van der Waals surface area contributed by atoms with E-state index >= 15 is 0 Å². The normalized spacial score (nSPS) is 31.9. The molecule has 0 aromatic heterocycles. The molecular formula is C13H16N2O2S. The average molecular weight is 264 g/mol. The maximum absolute atomic E-state index is 12.2. The van der Waals surface area contributed by atoms with E-state index in [0.29, 0.717) is 23.4 Å². The standard InChI is InChI=1S/C13H16N2O2S/c16-18(17)7-6-15-11-4-5-14-8-10(11)9-2-1-3-12(18)13(9)15/h1-3,10-11,14H,4-8H2/t10-,11-/m0/s1. The fraction of sp³-hybridized carbons (Fsp3) is 0.538. The second kappa shape index (κ2) is 3.48. The van der Waals surface area contributed by atoms with Crippen LogP contribution in [0, 0.1) is 0 Å². The molecule has 0 amide bonds. The van der Waals surface area contributed by atoms with Crippen molar-refractivity contribution < 1.29 is 8.42 Å². The summed E-state index contributed by atoms with van der Waals surface area (Å²) in [5.41, 5.74) is 2.23. The van der Waals surface area contributed by atoms with Gasteiger partial charge in [-0.2, -0.15) is 0 Å². The number of rotatable bonds is 0. The van der Waals surface area contributed by atoms with Gasteiger partial charge < -0.3 is 10.2 Å². The number of hydrogen-bond donors (Lipinski definition) is 1. The lowest BCUT2D eigenvalue weighted by molar-refractivity contribution is 0.405. The van der Waals surface area contributed by atoms with Crippen LogP contribution in [0.4, 0.5) is 5.69 Å². The van der Waals surface area contributed by atoms with Crippen LogP contribution in [-0.2, 0) is 9.84 Å². The topological polar surface area (TPSA) is 49.4 Å². The summed E-state index contributed by atoms with van der Waals surface area (Å²) in [6.45, 7) is 2.67. The summed E-state index contributed by atoms with van der Waals surface area (Å²) >= 11 is 0. The molecule has 4 nitrogen and oxygen atoms in total. The van der Waals surface area contributed by atoms with Gasteiger partial charge in [-0.05, 0) is 24.6 Å². The van der Waals surface area contributed by atoms with E-state index < -0.39 is 9.84 Å². The Morgan fingerprint density at radius 1 is 1.33 bits per heavy atom. The quantitative estimate of drug-likeness (QED) is 0.751. The Morgan fingerprint density at radius 2 is 2.22 bits per heavy atom. The molecule has 4 rings (SSSR count). The first kappa shape index (κ1) is 10.8.